The molecule has 22 heavy (non-hydrogen) atoms. The fraction of sp³-hybridized carbons (Fsp3) is 0.500. The van der Waals surface area contributed by atoms with Crippen LogP contribution in [0.4, 0.5) is 11.4 Å². The predicted octanol–water partition coefficient (Wildman–Crippen LogP) is 5.69. The number of anilines is 2. The minimum absolute atomic E-state index is 0.808. The third kappa shape index (κ3) is 4.66. The molecule has 0 bridgehead atoms. The Hall–Kier alpha value is -1.70. The van der Waals surface area contributed by atoms with E-state index in [9.17, 15) is 0 Å². The molecule has 0 spiro atoms. The summed E-state index contributed by atoms with van der Waals surface area (Å²) in [6, 6.07) is 10.3. The topological polar surface area (TPSA) is 52.0 Å². The summed E-state index contributed by atoms with van der Waals surface area (Å²) in [5.41, 5.74) is 15.1. The van der Waals surface area contributed by atoms with Crippen molar-refractivity contribution in [2.75, 3.05) is 11.5 Å². The van der Waals surface area contributed by atoms with Gasteiger partial charge < -0.3 is 11.5 Å². The van der Waals surface area contributed by atoms with E-state index in [1.807, 2.05) is 12.1 Å². The van der Waals surface area contributed by atoms with Gasteiger partial charge in [-0.05, 0) is 36.6 Å². The summed E-state index contributed by atoms with van der Waals surface area (Å²) in [6.45, 7) is 2.27. The molecule has 0 amide bonds. The van der Waals surface area contributed by atoms with Gasteiger partial charge in [0.1, 0.15) is 0 Å². The molecule has 0 aromatic heterocycles. The summed E-state index contributed by atoms with van der Waals surface area (Å²) in [4.78, 5) is 0. The van der Waals surface area contributed by atoms with Crippen molar-refractivity contribution in [1.29, 1.82) is 0 Å². The summed E-state index contributed by atoms with van der Waals surface area (Å²) >= 11 is 0. The number of rotatable bonds is 9. The van der Waals surface area contributed by atoms with Crippen LogP contribution in [0.25, 0.3) is 10.8 Å². The van der Waals surface area contributed by atoms with Gasteiger partial charge in [0.25, 0.3) is 0 Å². The lowest BCUT2D eigenvalue weighted by molar-refractivity contribution is 0.575. The highest BCUT2D eigenvalue weighted by molar-refractivity contribution is 6.00. The molecule has 0 saturated carbocycles. The lowest BCUT2D eigenvalue weighted by atomic mass is 10.00. The minimum Gasteiger partial charge on any atom is -0.398 e. The summed E-state index contributed by atoms with van der Waals surface area (Å²) in [6.07, 6.45) is 12.0. The van der Waals surface area contributed by atoms with Crippen molar-refractivity contribution >= 4 is 22.1 Å². The Morgan fingerprint density at radius 3 is 1.95 bits per heavy atom. The van der Waals surface area contributed by atoms with Gasteiger partial charge in [0.15, 0.2) is 0 Å². The first-order chi connectivity index (χ1) is 10.7. The molecule has 2 heteroatoms. The molecule has 0 aliphatic carbocycles. The standard InChI is InChI=1S/C20H30N2/c1-2-3-4-5-6-7-8-9-10-16-11-12-17-18(15-16)20(22)14-13-19(17)21/h11-15H,2-10,21-22H2,1H3. The fourth-order valence-corrected chi connectivity index (χ4v) is 3.06. The maximum Gasteiger partial charge on any atom is 0.0395 e. The molecule has 0 radical (unpaired) electrons. The molecular weight excluding hydrogens is 268 g/mol. The van der Waals surface area contributed by atoms with E-state index in [0.717, 1.165) is 28.6 Å². The highest BCUT2D eigenvalue weighted by Crippen LogP contribution is 2.28. The Morgan fingerprint density at radius 1 is 0.682 bits per heavy atom. The smallest absolute Gasteiger partial charge is 0.0395 e. The van der Waals surface area contributed by atoms with E-state index in [1.54, 1.807) is 0 Å². The van der Waals surface area contributed by atoms with Gasteiger partial charge in [-0.25, -0.2) is 0 Å². The molecule has 0 heterocycles. The summed E-state index contributed by atoms with van der Waals surface area (Å²) in [5.74, 6) is 0. The fourth-order valence-electron chi connectivity index (χ4n) is 3.06. The zero-order valence-corrected chi connectivity index (χ0v) is 13.9. The van der Waals surface area contributed by atoms with Crippen molar-refractivity contribution in [3.05, 3.63) is 35.9 Å². The summed E-state index contributed by atoms with van der Waals surface area (Å²) < 4.78 is 0. The number of nitrogens with two attached hydrogens (primary N) is 2. The van der Waals surface area contributed by atoms with Crippen molar-refractivity contribution < 1.29 is 0 Å². The van der Waals surface area contributed by atoms with E-state index in [4.69, 9.17) is 11.5 Å². The molecule has 0 aliphatic heterocycles. The maximum atomic E-state index is 6.07. The predicted molar refractivity (Wildman–Crippen MR) is 99.1 cm³/mol. The number of benzene rings is 2. The highest BCUT2D eigenvalue weighted by atomic mass is 14.6. The van der Waals surface area contributed by atoms with E-state index >= 15 is 0 Å². The average molecular weight is 298 g/mol. The van der Waals surface area contributed by atoms with Gasteiger partial charge in [0.05, 0.1) is 0 Å². The molecule has 120 valence electrons. The van der Waals surface area contributed by atoms with Crippen molar-refractivity contribution in [2.45, 2.75) is 64.7 Å². The largest absolute Gasteiger partial charge is 0.398 e. The Kier molecular flexibility index (Phi) is 6.57. The van der Waals surface area contributed by atoms with Crippen LogP contribution in [0.5, 0.6) is 0 Å². The quantitative estimate of drug-likeness (QED) is 0.461. The van der Waals surface area contributed by atoms with Gasteiger partial charge in [0, 0.05) is 22.1 Å². The van der Waals surface area contributed by atoms with E-state index in [-0.39, 0.29) is 0 Å². The van der Waals surface area contributed by atoms with Crippen LogP contribution in [0.15, 0.2) is 30.3 Å². The van der Waals surface area contributed by atoms with E-state index in [0.29, 0.717) is 0 Å². The lowest BCUT2D eigenvalue weighted by Gasteiger charge is -2.08. The van der Waals surface area contributed by atoms with Crippen molar-refractivity contribution in [3.8, 4) is 0 Å². The zero-order valence-electron chi connectivity index (χ0n) is 13.9. The SMILES string of the molecule is CCCCCCCCCCc1ccc2c(N)ccc(N)c2c1. The molecule has 0 unspecified atom stereocenters. The van der Waals surface area contributed by atoms with Gasteiger partial charge in [-0.2, -0.15) is 0 Å². The second-order valence-corrected chi connectivity index (χ2v) is 6.35. The number of nitrogen functional groups attached to an aromatic ring is 2. The molecule has 0 saturated heterocycles. The summed E-state index contributed by atoms with van der Waals surface area (Å²) in [5, 5.41) is 2.16. The van der Waals surface area contributed by atoms with Gasteiger partial charge in [-0.15, -0.1) is 0 Å². The summed E-state index contributed by atoms with van der Waals surface area (Å²) in [7, 11) is 0. The van der Waals surface area contributed by atoms with Crippen LogP contribution in [0.2, 0.25) is 0 Å². The van der Waals surface area contributed by atoms with Crippen molar-refractivity contribution in [3.63, 3.8) is 0 Å². The van der Waals surface area contributed by atoms with Crippen molar-refractivity contribution in [2.24, 2.45) is 0 Å². The first-order valence-electron chi connectivity index (χ1n) is 8.79. The number of aryl methyl sites for hydroxylation is 1. The molecule has 2 aromatic carbocycles. The third-order valence-corrected chi connectivity index (χ3v) is 4.47. The number of unbranched alkanes of at least 4 members (excludes halogenated alkanes) is 7. The highest BCUT2D eigenvalue weighted by Gasteiger charge is 2.03. The molecule has 2 rings (SSSR count). The van der Waals surface area contributed by atoms with Crippen LogP contribution in [-0.2, 0) is 6.42 Å². The number of hydrogen-bond acceptors (Lipinski definition) is 2. The molecule has 2 aromatic rings. The number of fused-ring (bicyclic) bond motifs is 1. The Balaban J connectivity index is 1.79. The average Bonchev–Trinajstić information content (AvgIpc) is 2.53. The third-order valence-electron chi connectivity index (χ3n) is 4.47. The first kappa shape index (κ1) is 16.7. The molecule has 0 aliphatic rings. The molecule has 4 N–H and O–H groups in total. The van der Waals surface area contributed by atoms with E-state index in [1.165, 1.54) is 56.9 Å². The van der Waals surface area contributed by atoms with Crippen LogP contribution in [0, 0.1) is 0 Å². The zero-order chi connectivity index (χ0) is 15.8. The first-order valence-corrected chi connectivity index (χ1v) is 8.79. The van der Waals surface area contributed by atoms with Crippen LogP contribution in [0.1, 0.15) is 63.9 Å². The van der Waals surface area contributed by atoms with Crippen LogP contribution in [0.3, 0.4) is 0 Å². The van der Waals surface area contributed by atoms with Crippen LogP contribution < -0.4 is 11.5 Å². The van der Waals surface area contributed by atoms with Gasteiger partial charge in [-0.1, -0.05) is 64.0 Å². The molecule has 0 fully saturated rings. The molecule has 0 atom stereocenters. The Morgan fingerprint density at radius 2 is 1.27 bits per heavy atom. The normalized spacial score (nSPS) is 11.1. The van der Waals surface area contributed by atoms with Gasteiger partial charge in [0.2, 0.25) is 0 Å². The minimum atomic E-state index is 0.808. The molecule has 2 nitrogen and oxygen atoms in total. The van der Waals surface area contributed by atoms with Crippen LogP contribution >= 0.6 is 0 Å². The van der Waals surface area contributed by atoms with E-state index in [2.05, 4.69) is 25.1 Å². The Bertz CT molecular complexity index is 590. The van der Waals surface area contributed by atoms with Crippen LogP contribution in [-0.4, -0.2) is 0 Å². The van der Waals surface area contributed by atoms with Gasteiger partial charge >= 0.3 is 0 Å². The second-order valence-electron chi connectivity index (χ2n) is 6.35. The second kappa shape index (κ2) is 8.67. The molecular formula is C20H30N2. The maximum absolute atomic E-state index is 6.07. The number of hydrogen-bond donors (Lipinski definition) is 2. The van der Waals surface area contributed by atoms with E-state index < -0.39 is 0 Å². The van der Waals surface area contributed by atoms with Crippen molar-refractivity contribution in [1.82, 2.24) is 0 Å². The monoisotopic (exact) mass is 298 g/mol. The Labute approximate surface area is 134 Å². The van der Waals surface area contributed by atoms with Gasteiger partial charge in [-0.3, -0.25) is 0 Å². The lowest BCUT2D eigenvalue weighted by Crippen LogP contribution is -1.94.